The molecule has 4 nitrogen and oxygen atoms in total. The largest absolute Gasteiger partial charge is 0.401 e. The number of anilines is 1. The number of rotatable bonds is 2. The smallest absolute Gasteiger partial charge is 0.399 e. The van der Waals surface area contributed by atoms with E-state index in [0.717, 1.165) is 0 Å². The van der Waals surface area contributed by atoms with Gasteiger partial charge in [-0.15, -0.1) is 0 Å². The molecule has 0 unspecified atom stereocenters. The van der Waals surface area contributed by atoms with Gasteiger partial charge in [0.15, 0.2) is 0 Å². The van der Waals surface area contributed by atoms with E-state index < -0.39 is 12.7 Å². The van der Waals surface area contributed by atoms with Crippen LogP contribution in [-0.4, -0.2) is 54.6 Å². The van der Waals surface area contributed by atoms with Gasteiger partial charge in [-0.3, -0.25) is 9.69 Å². The van der Waals surface area contributed by atoms with Crippen LogP contribution in [0.4, 0.5) is 18.9 Å². The molecule has 0 radical (unpaired) electrons. The predicted octanol–water partition coefficient (Wildman–Crippen LogP) is 1.59. The van der Waals surface area contributed by atoms with E-state index in [1.807, 2.05) is 0 Å². The van der Waals surface area contributed by atoms with Crippen molar-refractivity contribution in [2.45, 2.75) is 6.18 Å². The van der Waals surface area contributed by atoms with E-state index in [0.29, 0.717) is 24.3 Å². The summed E-state index contributed by atoms with van der Waals surface area (Å²) in [6.45, 7) is 0.127. The fraction of sp³-hybridized carbons (Fsp3) is 0.462. The number of nitrogens with zero attached hydrogens (tertiary/aromatic N) is 2. The van der Waals surface area contributed by atoms with Crippen LogP contribution in [0.15, 0.2) is 24.3 Å². The molecule has 0 bridgehead atoms. The zero-order valence-corrected chi connectivity index (χ0v) is 10.9. The molecule has 2 N–H and O–H groups in total. The Morgan fingerprint density at radius 1 is 1.20 bits per heavy atom. The molecule has 0 atom stereocenters. The molecule has 110 valence electrons. The van der Waals surface area contributed by atoms with E-state index in [4.69, 9.17) is 5.73 Å². The number of amides is 1. The van der Waals surface area contributed by atoms with E-state index >= 15 is 0 Å². The first kappa shape index (κ1) is 14.6. The lowest BCUT2D eigenvalue weighted by atomic mass is 10.1. The number of halogens is 3. The quantitative estimate of drug-likeness (QED) is 0.840. The Balaban J connectivity index is 1.92. The van der Waals surface area contributed by atoms with Crippen molar-refractivity contribution in [1.29, 1.82) is 0 Å². The highest BCUT2D eigenvalue weighted by Crippen LogP contribution is 2.18. The summed E-state index contributed by atoms with van der Waals surface area (Å²) in [5.41, 5.74) is 6.57. The van der Waals surface area contributed by atoms with Gasteiger partial charge in [-0.1, -0.05) is 6.07 Å². The zero-order chi connectivity index (χ0) is 14.8. The molecule has 1 heterocycles. The number of benzene rings is 1. The Kier molecular flexibility index (Phi) is 4.17. The third-order valence-corrected chi connectivity index (χ3v) is 3.20. The third kappa shape index (κ3) is 3.86. The second-order valence-electron chi connectivity index (χ2n) is 4.81. The molecule has 1 fully saturated rings. The van der Waals surface area contributed by atoms with E-state index in [1.54, 1.807) is 29.2 Å². The fourth-order valence-electron chi connectivity index (χ4n) is 2.22. The van der Waals surface area contributed by atoms with Crippen LogP contribution in [0.5, 0.6) is 0 Å². The third-order valence-electron chi connectivity index (χ3n) is 3.20. The average molecular weight is 287 g/mol. The molecular weight excluding hydrogens is 271 g/mol. The topological polar surface area (TPSA) is 49.6 Å². The van der Waals surface area contributed by atoms with Crippen LogP contribution >= 0.6 is 0 Å². The SMILES string of the molecule is Nc1cccc(C(=O)N2CCN(CC(F)(F)F)CC2)c1. The lowest BCUT2D eigenvalue weighted by molar-refractivity contribution is -0.148. The second-order valence-corrected chi connectivity index (χ2v) is 4.81. The number of nitrogens with two attached hydrogens (primary N) is 1. The summed E-state index contributed by atoms with van der Waals surface area (Å²) in [5.74, 6) is -0.191. The number of hydrogen-bond acceptors (Lipinski definition) is 3. The lowest BCUT2D eigenvalue weighted by Gasteiger charge is -2.35. The summed E-state index contributed by atoms with van der Waals surface area (Å²) < 4.78 is 36.8. The molecule has 1 saturated heterocycles. The highest BCUT2D eigenvalue weighted by Gasteiger charge is 2.32. The van der Waals surface area contributed by atoms with Crippen molar-refractivity contribution in [3.05, 3.63) is 29.8 Å². The van der Waals surface area contributed by atoms with Crippen molar-refractivity contribution in [3.63, 3.8) is 0 Å². The van der Waals surface area contributed by atoms with Gasteiger partial charge in [-0.2, -0.15) is 13.2 Å². The molecule has 7 heteroatoms. The van der Waals surface area contributed by atoms with Crippen LogP contribution < -0.4 is 5.73 Å². The molecule has 2 rings (SSSR count). The number of alkyl halides is 3. The van der Waals surface area contributed by atoms with Gasteiger partial charge >= 0.3 is 6.18 Å². The molecule has 0 aliphatic carbocycles. The highest BCUT2D eigenvalue weighted by molar-refractivity contribution is 5.95. The first-order valence-electron chi connectivity index (χ1n) is 6.29. The summed E-state index contributed by atoms with van der Waals surface area (Å²) in [7, 11) is 0. The molecule has 1 aromatic rings. The van der Waals surface area contributed by atoms with Crippen molar-refractivity contribution in [2.24, 2.45) is 0 Å². The summed E-state index contributed by atoms with van der Waals surface area (Å²) in [6, 6.07) is 6.59. The van der Waals surface area contributed by atoms with Crippen molar-refractivity contribution in [3.8, 4) is 0 Å². The van der Waals surface area contributed by atoms with E-state index in [2.05, 4.69) is 0 Å². The Morgan fingerprint density at radius 2 is 1.85 bits per heavy atom. The number of piperazine rings is 1. The molecule has 1 aromatic carbocycles. The van der Waals surface area contributed by atoms with Crippen LogP contribution in [0.25, 0.3) is 0 Å². The number of hydrogen-bond donors (Lipinski definition) is 1. The molecule has 1 aliphatic heterocycles. The molecule has 0 spiro atoms. The molecule has 0 saturated carbocycles. The lowest BCUT2D eigenvalue weighted by Crippen LogP contribution is -2.50. The molecular formula is C13H16F3N3O. The Morgan fingerprint density at radius 3 is 2.40 bits per heavy atom. The van der Waals surface area contributed by atoms with Crippen LogP contribution in [0.2, 0.25) is 0 Å². The van der Waals surface area contributed by atoms with Crippen molar-refractivity contribution < 1.29 is 18.0 Å². The van der Waals surface area contributed by atoms with Gasteiger partial charge in [0.2, 0.25) is 0 Å². The molecule has 0 aromatic heterocycles. The Labute approximate surface area is 114 Å². The van der Waals surface area contributed by atoms with Gasteiger partial charge in [0.25, 0.3) is 5.91 Å². The average Bonchev–Trinajstić information content (AvgIpc) is 2.37. The summed E-state index contributed by atoms with van der Waals surface area (Å²) in [5, 5.41) is 0. The van der Waals surface area contributed by atoms with Gasteiger partial charge in [-0.05, 0) is 18.2 Å². The van der Waals surface area contributed by atoms with Gasteiger partial charge < -0.3 is 10.6 Å². The van der Waals surface area contributed by atoms with Gasteiger partial charge in [0.05, 0.1) is 6.54 Å². The number of carbonyl (C=O) groups is 1. The van der Waals surface area contributed by atoms with Gasteiger partial charge in [0.1, 0.15) is 0 Å². The van der Waals surface area contributed by atoms with E-state index in [1.165, 1.54) is 4.90 Å². The van der Waals surface area contributed by atoms with Crippen LogP contribution in [-0.2, 0) is 0 Å². The predicted molar refractivity (Wildman–Crippen MR) is 69.3 cm³/mol. The highest BCUT2D eigenvalue weighted by atomic mass is 19.4. The second kappa shape index (κ2) is 5.70. The Bertz CT molecular complexity index is 482. The van der Waals surface area contributed by atoms with Crippen molar-refractivity contribution >= 4 is 11.6 Å². The maximum atomic E-state index is 12.3. The molecule has 1 aliphatic rings. The maximum Gasteiger partial charge on any atom is 0.401 e. The summed E-state index contributed by atoms with van der Waals surface area (Å²) in [4.78, 5) is 15.0. The minimum atomic E-state index is -4.19. The first-order chi connectivity index (χ1) is 9.35. The minimum Gasteiger partial charge on any atom is -0.399 e. The standard InChI is InChI=1S/C13H16F3N3O/c14-13(15,16)9-18-4-6-19(7-5-18)12(20)10-2-1-3-11(17)8-10/h1-3,8H,4-7,9,17H2. The Hall–Kier alpha value is -1.76. The van der Waals surface area contributed by atoms with E-state index in [9.17, 15) is 18.0 Å². The van der Waals surface area contributed by atoms with Crippen molar-refractivity contribution in [1.82, 2.24) is 9.80 Å². The molecule has 20 heavy (non-hydrogen) atoms. The van der Waals surface area contributed by atoms with Gasteiger partial charge in [-0.25, -0.2) is 0 Å². The normalized spacial score (nSPS) is 17.2. The minimum absolute atomic E-state index is 0.191. The van der Waals surface area contributed by atoms with Crippen LogP contribution in [0.3, 0.4) is 0 Å². The summed E-state index contributed by atoms with van der Waals surface area (Å²) >= 11 is 0. The number of nitrogen functional groups attached to an aromatic ring is 1. The number of carbonyl (C=O) groups excluding carboxylic acids is 1. The molecule has 1 amide bonds. The fourth-order valence-corrected chi connectivity index (χ4v) is 2.22. The first-order valence-corrected chi connectivity index (χ1v) is 6.29. The van der Waals surface area contributed by atoms with Crippen molar-refractivity contribution in [2.75, 3.05) is 38.5 Å². The van der Waals surface area contributed by atoms with E-state index in [-0.39, 0.29) is 19.0 Å². The monoisotopic (exact) mass is 287 g/mol. The van der Waals surface area contributed by atoms with Crippen LogP contribution in [0.1, 0.15) is 10.4 Å². The summed E-state index contributed by atoms with van der Waals surface area (Å²) in [6.07, 6.45) is -4.19. The maximum absolute atomic E-state index is 12.3. The van der Waals surface area contributed by atoms with Gasteiger partial charge in [0, 0.05) is 37.4 Å². The zero-order valence-electron chi connectivity index (χ0n) is 10.9. The van der Waals surface area contributed by atoms with Crippen LogP contribution in [0, 0.1) is 0 Å².